The van der Waals surface area contributed by atoms with Crippen molar-refractivity contribution < 1.29 is 88.2 Å². The van der Waals surface area contributed by atoms with E-state index in [0.717, 1.165) is 0 Å². The summed E-state index contributed by atoms with van der Waals surface area (Å²) in [5.41, 5.74) is 0. The maximum Gasteiger partial charge on any atom is 0.0976 e. The zero-order chi connectivity index (χ0) is 37.3. The SMILES string of the molecule is [CH2-]OCC(O)CO.[CH2-]OCC(O)CO.[CH2-]OCC(O)COCCCOCC(O)CO[CH2-].[CH2-]OCC(O)COCCCOCC(O)CO[CH2-].[Rf].[Rf].[Rf]. The van der Waals surface area contributed by atoms with Crippen LogP contribution in [-0.2, 0) is 47.4 Å². The van der Waals surface area contributed by atoms with Gasteiger partial charge in [-0.15, -0.1) is 0 Å². The summed E-state index contributed by atoms with van der Waals surface area (Å²) in [4.78, 5) is 0. The van der Waals surface area contributed by atoms with Crippen molar-refractivity contribution in [3.63, 3.8) is 0 Å². The van der Waals surface area contributed by atoms with Crippen molar-refractivity contribution in [1.29, 1.82) is 0 Å². The molecule has 0 spiro atoms. The van der Waals surface area contributed by atoms with Gasteiger partial charge in [0.1, 0.15) is 0 Å². The number of aliphatic hydroxyl groups is 8. The Morgan fingerprint density at radius 1 is 0.314 bits per heavy atom. The molecule has 0 amide bonds. The standard InChI is InChI=1S/2C11H22O6.2C4H9O3.3Rf/c2*1-14-6-10(12)8-16-4-3-5-17-9-11(13)7-15-2;2*1-7-3-4(6)2-5;;;/h2*10-13H,1-9H2;2*4-6H,1-3H2;;;/q2*-2;2*-1;;;. The molecule has 6 unspecified atom stereocenters. The summed E-state index contributed by atoms with van der Waals surface area (Å²) in [6.07, 6.45) is -2.77. The third-order valence-electron chi connectivity index (χ3n) is 4.68. The van der Waals surface area contributed by atoms with E-state index in [1.54, 1.807) is 0 Å². The Hall–Kier alpha value is -3.72. The molecule has 0 bridgehead atoms. The summed E-state index contributed by atoms with van der Waals surface area (Å²) in [6.45, 7) is 3.08. The van der Waals surface area contributed by atoms with Crippen molar-refractivity contribution >= 4 is 0 Å². The van der Waals surface area contributed by atoms with Crippen LogP contribution in [0.25, 0.3) is 0 Å². The summed E-state index contributed by atoms with van der Waals surface area (Å²) in [7, 11) is 18.6. The fourth-order valence-electron chi connectivity index (χ4n) is 2.52. The molecule has 0 fully saturated rings. The van der Waals surface area contributed by atoms with Gasteiger partial charge in [-0.1, -0.05) is 0 Å². The van der Waals surface area contributed by atoms with Crippen LogP contribution in [0, 0.1) is 42.7 Å². The van der Waals surface area contributed by atoms with E-state index in [4.69, 9.17) is 39.4 Å². The van der Waals surface area contributed by atoms with Crippen molar-refractivity contribution in [2.75, 3.05) is 106 Å². The van der Waals surface area contributed by atoms with Gasteiger partial charge in [0, 0.05) is 66.1 Å². The summed E-state index contributed by atoms with van der Waals surface area (Å²) < 4.78 is 47.1. The van der Waals surface area contributed by atoms with Crippen LogP contribution in [0.5, 0.6) is 0 Å². The fourth-order valence-corrected chi connectivity index (χ4v) is 2.52. The van der Waals surface area contributed by atoms with Crippen molar-refractivity contribution in [3.8, 4) is 0 Å². The molecule has 0 aliphatic rings. The molecule has 0 saturated carbocycles. The first-order valence-electron chi connectivity index (χ1n) is 14.9. The minimum absolute atomic E-state index is 0. The maximum absolute atomic E-state index is 9.21. The second-order valence-corrected chi connectivity index (χ2v) is 9.52. The van der Waals surface area contributed by atoms with E-state index in [-0.39, 0.29) is 79.3 Å². The number of hydrogen-bond acceptors (Lipinski definition) is 18. The third-order valence-corrected chi connectivity index (χ3v) is 4.68. The third kappa shape index (κ3) is 61.9. The zero-order valence-electron chi connectivity index (χ0n) is 30.2. The molecule has 51 heavy (non-hydrogen) atoms. The Morgan fingerprint density at radius 3 is 0.627 bits per heavy atom. The van der Waals surface area contributed by atoms with Crippen molar-refractivity contribution in [1.82, 2.24) is 0 Å². The minimum Gasteiger partial charge on any atom is -0.553 e. The van der Waals surface area contributed by atoms with Crippen LogP contribution in [-0.4, -0.2) is 183 Å². The zero-order valence-corrected chi connectivity index (χ0v) is 49.4. The number of ether oxygens (including phenoxy) is 10. The molecule has 0 radical (unpaired) electrons. The predicted octanol–water partition coefficient (Wildman–Crippen LogP) is -2.21. The van der Waals surface area contributed by atoms with Crippen LogP contribution in [0.15, 0.2) is 0 Å². The summed E-state index contributed by atoms with van der Waals surface area (Å²) >= 11 is 0. The van der Waals surface area contributed by atoms with Crippen molar-refractivity contribution in [2.24, 2.45) is 0 Å². The summed E-state index contributed by atoms with van der Waals surface area (Å²) in [5, 5.41) is 69.9. The van der Waals surface area contributed by atoms with Gasteiger partial charge in [-0.3, -0.25) is 0 Å². The van der Waals surface area contributed by atoms with Crippen molar-refractivity contribution in [2.45, 2.75) is 49.5 Å². The Labute approximate surface area is 286 Å². The van der Waals surface area contributed by atoms with E-state index >= 15 is 0 Å². The largest absolute Gasteiger partial charge is 0.553 e. The monoisotopic (exact) mass is 1510 g/mol. The fraction of sp³-hybridized carbons (Fsp3) is 0.800. The van der Waals surface area contributed by atoms with Gasteiger partial charge in [0.25, 0.3) is 0 Å². The molecule has 0 rings (SSSR count). The molecule has 0 heterocycles. The van der Waals surface area contributed by atoms with Gasteiger partial charge >= 0.3 is 0 Å². The molecular weight excluding hydrogens is 1450 g/mol. The first-order valence-corrected chi connectivity index (χ1v) is 14.9. The average molecular weight is 1510 g/mol. The summed E-state index contributed by atoms with van der Waals surface area (Å²) in [6, 6.07) is 0. The number of hydrogen-bond donors (Lipinski definition) is 8. The van der Waals surface area contributed by atoms with E-state index in [1.807, 2.05) is 0 Å². The van der Waals surface area contributed by atoms with E-state index in [2.05, 4.69) is 71.1 Å². The van der Waals surface area contributed by atoms with Gasteiger partial charge < -0.3 is 88.2 Å². The van der Waals surface area contributed by atoms with Gasteiger partial charge in [0.2, 0.25) is 0 Å². The molecule has 302 valence electrons. The molecular formula is C30H62O18Rf3-6. The van der Waals surface area contributed by atoms with Gasteiger partial charge in [-0.2, -0.15) is 0 Å². The molecule has 6 atom stereocenters. The number of rotatable bonds is 30. The second kappa shape index (κ2) is 53.1. The van der Waals surface area contributed by atoms with E-state index in [1.165, 1.54) is 0 Å². The van der Waals surface area contributed by atoms with Crippen LogP contribution >= 0.6 is 0 Å². The van der Waals surface area contributed by atoms with Crippen LogP contribution in [0.3, 0.4) is 0 Å². The topological polar surface area (TPSA) is 254 Å². The van der Waals surface area contributed by atoms with Gasteiger partial charge in [0.05, 0.1) is 76.3 Å². The Bertz CT molecular complexity index is 492. The normalized spacial score (nSPS) is 13.8. The van der Waals surface area contributed by atoms with Gasteiger partial charge in [0.15, 0.2) is 0 Å². The molecule has 0 aromatic rings. The van der Waals surface area contributed by atoms with Crippen LogP contribution in [0.4, 0.5) is 0 Å². The first-order chi connectivity index (χ1) is 23.0. The quantitative estimate of drug-likeness (QED) is 0.0281. The molecule has 0 aromatic heterocycles. The number of aliphatic hydroxyl groups excluding tert-OH is 8. The Kier molecular flexibility index (Phi) is 65.0. The van der Waals surface area contributed by atoms with E-state index in [9.17, 15) is 20.4 Å². The molecule has 0 aliphatic carbocycles. The smallest absolute Gasteiger partial charge is 0.0976 e. The first kappa shape index (κ1) is 62.4. The van der Waals surface area contributed by atoms with E-state index in [0.29, 0.717) is 39.3 Å². The van der Waals surface area contributed by atoms with Crippen LogP contribution < -0.4 is 0 Å². The maximum atomic E-state index is 9.21. The predicted molar refractivity (Wildman–Crippen MR) is 171 cm³/mol. The molecule has 0 aliphatic heterocycles. The molecule has 0 saturated heterocycles. The van der Waals surface area contributed by atoms with E-state index < -0.39 is 36.6 Å². The second-order valence-electron chi connectivity index (χ2n) is 9.52. The molecule has 21 heteroatoms. The van der Waals surface area contributed by atoms with Crippen LogP contribution in [0.1, 0.15) is 12.8 Å². The molecule has 18 nitrogen and oxygen atoms in total. The Morgan fingerprint density at radius 2 is 0.490 bits per heavy atom. The average Bonchev–Trinajstić information content (AvgIpc) is 3.05. The van der Waals surface area contributed by atoms with Gasteiger partial charge in [-0.05, 0) is 12.8 Å². The van der Waals surface area contributed by atoms with Crippen LogP contribution in [0.2, 0.25) is 0 Å². The van der Waals surface area contributed by atoms with Gasteiger partial charge in [-0.25, -0.2) is 42.7 Å². The summed E-state index contributed by atoms with van der Waals surface area (Å²) in [5.74, 6) is 0. The molecule has 8 N–H and O–H groups in total. The molecule has 0 aromatic carbocycles. The Balaban J connectivity index is -0.000000107. The van der Waals surface area contributed by atoms with Crippen molar-refractivity contribution in [3.05, 3.63) is 42.7 Å². The minimum atomic E-state index is -0.780.